The highest BCUT2D eigenvalue weighted by Crippen LogP contribution is 2.09. The van der Waals surface area contributed by atoms with Crippen molar-refractivity contribution in [3.63, 3.8) is 0 Å². The summed E-state index contributed by atoms with van der Waals surface area (Å²) < 4.78 is 5.34. The molecule has 0 saturated heterocycles. The van der Waals surface area contributed by atoms with Crippen molar-refractivity contribution in [3.05, 3.63) is 0 Å². The second kappa shape index (κ2) is 18.3. The molecule has 160 valence electrons. The van der Waals surface area contributed by atoms with Gasteiger partial charge in [0.2, 0.25) is 11.8 Å². The molecule has 0 saturated carbocycles. The summed E-state index contributed by atoms with van der Waals surface area (Å²) in [7, 11) is 3.38. The average molecular weight is 385 g/mol. The lowest BCUT2D eigenvalue weighted by Gasteiger charge is -2.23. The normalized spacial score (nSPS) is 10.8. The molecule has 0 spiro atoms. The van der Waals surface area contributed by atoms with Crippen LogP contribution in [0.5, 0.6) is 0 Å². The average Bonchev–Trinajstić information content (AvgIpc) is 2.65. The third-order valence-corrected chi connectivity index (χ3v) is 4.87. The van der Waals surface area contributed by atoms with E-state index in [-0.39, 0.29) is 25.0 Å². The van der Waals surface area contributed by atoms with E-state index in [0.29, 0.717) is 0 Å². The Hall–Kier alpha value is -1.10. The summed E-state index contributed by atoms with van der Waals surface area (Å²) in [5.74, 6) is -0.0927. The first-order valence-electron chi connectivity index (χ1n) is 11.1. The number of hydrogen-bond donors (Lipinski definition) is 0. The van der Waals surface area contributed by atoms with Crippen LogP contribution >= 0.6 is 0 Å². The van der Waals surface area contributed by atoms with Crippen LogP contribution in [0.15, 0.2) is 0 Å². The lowest BCUT2D eigenvalue weighted by molar-refractivity contribution is -0.141. The van der Waals surface area contributed by atoms with Crippen LogP contribution in [0.25, 0.3) is 0 Å². The van der Waals surface area contributed by atoms with E-state index < -0.39 is 0 Å². The molecule has 0 aliphatic carbocycles. The summed E-state index contributed by atoms with van der Waals surface area (Å²) in [5.41, 5.74) is 0. The molecular weight excluding hydrogens is 340 g/mol. The highest BCUT2D eigenvalue weighted by atomic mass is 16.5. The van der Waals surface area contributed by atoms with Gasteiger partial charge in [0.05, 0.1) is 0 Å². The van der Waals surface area contributed by atoms with Gasteiger partial charge in [0.15, 0.2) is 0 Å². The Kier molecular flexibility index (Phi) is 17.5. The van der Waals surface area contributed by atoms with Crippen molar-refractivity contribution in [1.82, 2.24) is 9.80 Å². The molecule has 0 aromatic rings. The highest BCUT2D eigenvalue weighted by Gasteiger charge is 2.14. The monoisotopic (exact) mass is 384 g/mol. The van der Waals surface area contributed by atoms with Crippen LogP contribution in [-0.2, 0) is 14.3 Å². The molecule has 0 atom stereocenters. The number of carbonyl (C=O) groups is 2. The minimum absolute atomic E-state index is 0.00521. The topological polar surface area (TPSA) is 49.9 Å². The number of hydrogen-bond acceptors (Lipinski definition) is 3. The molecular formula is C22H44N2O3. The van der Waals surface area contributed by atoms with Gasteiger partial charge in [-0.25, -0.2) is 0 Å². The third-order valence-electron chi connectivity index (χ3n) is 4.87. The number of carbonyl (C=O) groups excluding carboxylic acids is 2. The van der Waals surface area contributed by atoms with Crippen molar-refractivity contribution >= 4 is 11.8 Å². The molecule has 0 fully saturated rings. The summed E-state index contributed by atoms with van der Waals surface area (Å²) in [6.07, 6.45) is 14.7. The summed E-state index contributed by atoms with van der Waals surface area (Å²) in [4.78, 5) is 27.5. The van der Waals surface area contributed by atoms with E-state index in [0.717, 1.165) is 25.9 Å². The van der Waals surface area contributed by atoms with E-state index >= 15 is 0 Å². The van der Waals surface area contributed by atoms with Gasteiger partial charge >= 0.3 is 0 Å². The predicted octanol–water partition coefficient (Wildman–Crippen LogP) is 4.64. The van der Waals surface area contributed by atoms with Gasteiger partial charge in [0.1, 0.15) is 13.2 Å². The zero-order valence-electron chi connectivity index (χ0n) is 18.4. The van der Waals surface area contributed by atoms with Crippen LogP contribution in [0.3, 0.4) is 0 Å². The van der Waals surface area contributed by atoms with E-state index in [2.05, 4.69) is 13.8 Å². The SMILES string of the molecule is CCCCCCCCN(CCCCCCCC)C(=O)COCC(=O)N(C)C. The van der Waals surface area contributed by atoms with Crippen molar-refractivity contribution in [2.45, 2.75) is 90.9 Å². The Morgan fingerprint density at radius 1 is 0.630 bits per heavy atom. The largest absolute Gasteiger partial charge is 0.362 e. The van der Waals surface area contributed by atoms with Gasteiger partial charge in [0, 0.05) is 27.2 Å². The molecule has 0 N–H and O–H groups in total. The van der Waals surface area contributed by atoms with E-state index in [9.17, 15) is 9.59 Å². The zero-order valence-corrected chi connectivity index (χ0v) is 18.4. The van der Waals surface area contributed by atoms with Gasteiger partial charge in [-0.15, -0.1) is 0 Å². The van der Waals surface area contributed by atoms with Crippen molar-refractivity contribution in [2.75, 3.05) is 40.4 Å². The summed E-state index contributed by atoms with van der Waals surface area (Å²) in [6, 6.07) is 0. The molecule has 0 aliphatic heterocycles. The fourth-order valence-corrected chi connectivity index (χ4v) is 2.97. The maximum Gasteiger partial charge on any atom is 0.248 e. The van der Waals surface area contributed by atoms with Gasteiger partial charge < -0.3 is 14.5 Å². The summed E-state index contributed by atoms with van der Waals surface area (Å²) in [6.45, 7) is 6.05. The lowest BCUT2D eigenvalue weighted by atomic mass is 10.1. The number of ether oxygens (including phenoxy) is 1. The molecule has 0 aliphatic rings. The number of likely N-dealkylation sites (N-methyl/N-ethyl adjacent to an activating group) is 1. The van der Waals surface area contributed by atoms with Crippen LogP contribution in [0, 0.1) is 0 Å². The van der Waals surface area contributed by atoms with Crippen LogP contribution in [-0.4, -0.2) is 62.0 Å². The molecule has 0 bridgehead atoms. The second-order valence-electron chi connectivity index (χ2n) is 7.70. The fourth-order valence-electron chi connectivity index (χ4n) is 2.97. The van der Waals surface area contributed by atoms with Crippen molar-refractivity contribution in [1.29, 1.82) is 0 Å². The fraction of sp³-hybridized carbons (Fsp3) is 0.909. The van der Waals surface area contributed by atoms with Gasteiger partial charge in [0.25, 0.3) is 0 Å². The minimum Gasteiger partial charge on any atom is -0.362 e. The van der Waals surface area contributed by atoms with E-state index in [1.807, 2.05) is 4.90 Å². The number of unbranched alkanes of at least 4 members (excludes halogenated alkanes) is 10. The zero-order chi connectivity index (χ0) is 20.3. The molecule has 5 heteroatoms. The smallest absolute Gasteiger partial charge is 0.248 e. The van der Waals surface area contributed by atoms with E-state index in [1.54, 1.807) is 14.1 Å². The van der Waals surface area contributed by atoms with Gasteiger partial charge in [-0.3, -0.25) is 9.59 Å². The minimum atomic E-state index is -0.110. The second-order valence-corrected chi connectivity index (χ2v) is 7.70. The van der Waals surface area contributed by atoms with Crippen LogP contribution in [0.2, 0.25) is 0 Å². The van der Waals surface area contributed by atoms with Gasteiger partial charge in [-0.2, -0.15) is 0 Å². The van der Waals surface area contributed by atoms with Crippen molar-refractivity contribution < 1.29 is 14.3 Å². The molecule has 5 nitrogen and oxygen atoms in total. The Morgan fingerprint density at radius 3 is 1.48 bits per heavy atom. The Labute approximate surface area is 167 Å². The lowest BCUT2D eigenvalue weighted by Crippen LogP contribution is -2.37. The van der Waals surface area contributed by atoms with Crippen LogP contribution in [0.4, 0.5) is 0 Å². The Bertz CT molecular complexity index is 357. The number of amides is 2. The first-order chi connectivity index (χ1) is 13.0. The molecule has 2 amide bonds. The molecule has 0 heterocycles. The molecule has 0 aromatic heterocycles. The first kappa shape index (κ1) is 25.9. The Morgan fingerprint density at radius 2 is 1.04 bits per heavy atom. The molecule has 0 radical (unpaired) electrons. The van der Waals surface area contributed by atoms with Gasteiger partial charge in [-0.05, 0) is 12.8 Å². The standard InChI is InChI=1S/C22H44N2O3/c1-5-7-9-11-13-15-17-24(18-16-14-12-10-8-6-2)22(26)20-27-19-21(25)23(3)4/h5-20H2,1-4H3. The van der Waals surface area contributed by atoms with Crippen LogP contribution < -0.4 is 0 Å². The summed E-state index contributed by atoms with van der Waals surface area (Å²) >= 11 is 0. The van der Waals surface area contributed by atoms with E-state index in [1.165, 1.54) is 69.1 Å². The highest BCUT2D eigenvalue weighted by molar-refractivity contribution is 5.79. The molecule has 0 rings (SSSR count). The van der Waals surface area contributed by atoms with Crippen molar-refractivity contribution in [2.24, 2.45) is 0 Å². The first-order valence-corrected chi connectivity index (χ1v) is 11.1. The summed E-state index contributed by atoms with van der Waals surface area (Å²) in [5, 5.41) is 0. The Balaban J connectivity index is 4.18. The van der Waals surface area contributed by atoms with Gasteiger partial charge in [-0.1, -0.05) is 78.1 Å². The van der Waals surface area contributed by atoms with E-state index in [4.69, 9.17) is 4.74 Å². The number of rotatable bonds is 18. The maximum absolute atomic E-state index is 12.5. The predicted molar refractivity (Wildman–Crippen MR) is 113 cm³/mol. The van der Waals surface area contributed by atoms with Crippen molar-refractivity contribution in [3.8, 4) is 0 Å². The third kappa shape index (κ3) is 15.6. The number of nitrogens with zero attached hydrogens (tertiary/aromatic N) is 2. The molecule has 27 heavy (non-hydrogen) atoms. The molecule has 0 aromatic carbocycles. The van der Waals surface area contributed by atoms with Crippen LogP contribution in [0.1, 0.15) is 90.9 Å². The quantitative estimate of drug-likeness (QED) is 0.323. The maximum atomic E-state index is 12.5. The molecule has 0 unspecified atom stereocenters.